The number of fused-ring (bicyclic) bond motifs is 1. The Balaban J connectivity index is 1.53. The Labute approximate surface area is 123 Å². The maximum atomic E-state index is 10.2. The van der Waals surface area contributed by atoms with Gasteiger partial charge in [-0.05, 0) is 24.1 Å². The Hall–Kier alpha value is -1.92. The van der Waals surface area contributed by atoms with Gasteiger partial charge in [-0.1, -0.05) is 12.1 Å². The Morgan fingerprint density at radius 1 is 1.43 bits per heavy atom. The van der Waals surface area contributed by atoms with E-state index in [1.807, 2.05) is 28.9 Å². The van der Waals surface area contributed by atoms with E-state index in [1.54, 1.807) is 13.4 Å². The third-order valence-electron chi connectivity index (χ3n) is 3.91. The molecule has 0 unspecified atom stereocenters. The van der Waals surface area contributed by atoms with Crippen molar-refractivity contribution >= 4 is 0 Å². The number of hydrogen-bond donors (Lipinski definition) is 2. The van der Waals surface area contributed by atoms with Gasteiger partial charge in [-0.25, -0.2) is 9.67 Å². The number of hydrogen-bond acceptors (Lipinski definition) is 5. The van der Waals surface area contributed by atoms with Gasteiger partial charge in [-0.3, -0.25) is 0 Å². The molecule has 0 radical (unpaired) electrons. The minimum Gasteiger partial charge on any atom is -0.497 e. The molecule has 2 atom stereocenters. The van der Waals surface area contributed by atoms with Gasteiger partial charge in [-0.15, -0.1) is 0 Å². The van der Waals surface area contributed by atoms with Crippen LogP contribution < -0.4 is 10.1 Å². The van der Waals surface area contributed by atoms with Gasteiger partial charge < -0.3 is 15.2 Å². The molecule has 0 spiro atoms. The number of methoxy groups -OCH3 is 1. The molecule has 0 aliphatic carbocycles. The molecule has 1 aliphatic rings. The number of ether oxygens (including phenoxy) is 1. The fraction of sp³-hybridized carbons (Fsp3) is 0.467. The van der Waals surface area contributed by atoms with E-state index in [-0.39, 0.29) is 0 Å². The van der Waals surface area contributed by atoms with Gasteiger partial charge in [0.25, 0.3) is 0 Å². The topological polar surface area (TPSA) is 72.2 Å². The first-order chi connectivity index (χ1) is 10.3. The second-order valence-corrected chi connectivity index (χ2v) is 5.29. The lowest BCUT2D eigenvalue weighted by Crippen LogP contribution is -2.39. The normalized spacial score (nSPS) is 19.0. The molecule has 1 aromatic heterocycles. The first-order valence-corrected chi connectivity index (χ1v) is 7.18. The number of nitrogens with zero attached hydrogens (tertiary/aromatic N) is 3. The summed E-state index contributed by atoms with van der Waals surface area (Å²) in [6.45, 7) is 1.34. The molecular weight excluding hydrogens is 268 g/mol. The number of aryl methyl sites for hydroxylation is 1. The number of benzene rings is 1. The minimum absolute atomic E-state index is 0.326. The molecule has 6 heteroatoms. The van der Waals surface area contributed by atoms with Crippen molar-refractivity contribution in [3.05, 3.63) is 42.0 Å². The number of rotatable bonds is 5. The SMILES string of the molecule is COc1ccc([C@H](O)CN[C@@H]2CCc3ncnn3C2)cc1. The molecule has 0 amide bonds. The van der Waals surface area contributed by atoms with Crippen LogP contribution in [0.15, 0.2) is 30.6 Å². The van der Waals surface area contributed by atoms with E-state index in [0.717, 1.165) is 36.5 Å². The molecule has 6 nitrogen and oxygen atoms in total. The summed E-state index contributed by atoms with van der Waals surface area (Å²) in [6, 6.07) is 7.83. The molecule has 0 saturated heterocycles. The van der Waals surface area contributed by atoms with Crippen molar-refractivity contribution in [2.75, 3.05) is 13.7 Å². The predicted octanol–water partition coefficient (Wildman–Crippen LogP) is 0.925. The van der Waals surface area contributed by atoms with Crippen LogP contribution in [0.5, 0.6) is 5.75 Å². The van der Waals surface area contributed by atoms with E-state index in [2.05, 4.69) is 15.4 Å². The number of aliphatic hydroxyl groups is 1. The highest BCUT2D eigenvalue weighted by atomic mass is 16.5. The van der Waals surface area contributed by atoms with Crippen LogP contribution in [-0.2, 0) is 13.0 Å². The smallest absolute Gasteiger partial charge is 0.138 e. The average molecular weight is 288 g/mol. The van der Waals surface area contributed by atoms with Crippen molar-refractivity contribution in [2.45, 2.75) is 31.5 Å². The summed E-state index contributed by atoms with van der Waals surface area (Å²) in [7, 11) is 1.63. The molecular formula is C15H20N4O2. The molecule has 2 aromatic rings. The van der Waals surface area contributed by atoms with E-state index < -0.39 is 6.10 Å². The minimum atomic E-state index is -0.520. The summed E-state index contributed by atoms with van der Waals surface area (Å²) in [5, 5.41) is 17.8. The molecule has 21 heavy (non-hydrogen) atoms. The zero-order valence-electron chi connectivity index (χ0n) is 12.1. The fourth-order valence-corrected chi connectivity index (χ4v) is 2.63. The van der Waals surface area contributed by atoms with Crippen molar-refractivity contribution in [3.63, 3.8) is 0 Å². The predicted molar refractivity (Wildman–Crippen MR) is 78.1 cm³/mol. The zero-order chi connectivity index (χ0) is 14.7. The number of aliphatic hydroxyl groups excluding tert-OH is 1. The Morgan fingerprint density at radius 3 is 3.00 bits per heavy atom. The van der Waals surface area contributed by atoms with Crippen molar-refractivity contribution in [1.29, 1.82) is 0 Å². The molecule has 0 bridgehead atoms. The summed E-state index contributed by atoms with van der Waals surface area (Å²) >= 11 is 0. The van der Waals surface area contributed by atoms with Crippen LogP contribution in [0, 0.1) is 0 Å². The van der Waals surface area contributed by atoms with Crippen LogP contribution in [0.25, 0.3) is 0 Å². The van der Waals surface area contributed by atoms with Gasteiger partial charge >= 0.3 is 0 Å². The van der Waals surface area contributed by atoms with Crippen molar-refractivity contribution in [1.82, 2.24) is 20.1 Å². The molecule has 112 valence electrons. The summed E-state index contributed by atoms with van der Waals surface area (Å²) < 4.78 is 7.05. The highest BCUT2D eigenvalue weighted by Crippen LogP contribution is 2.18. The highest BCUT2D eigenvalue weighted by Gasteiger charge is 2.20. The summed E-state index contributed by atoms with van der Waals surface area (Å²) in [4.78, 5) is 4.21. The lowest BCUT2D eigenvalue weighted by molar-refractivity contribution is 0.165. The third kappa shape index (κ3) is 3.22. The van der Waals surface area contributed by atoms with Crippen LogP contribution in [0.1, 0.15) is 23.9 Å². The average Bonchev–Trinajstić information content (AvgIpc) is 3.00. The highest BCUT2D eigenvalue weighted by molar-refractivity contribution is 5.28. The lowest BCUT2D eigenvalue weighted by Gasteiger charge is -2.25. The van der Waals surface area contributed by atoms with Gasteiger partial charge in [0.15, 0.2) is 0 Å². The second-order valence-electron chi connectivity index (χ2n) is 5.29. The summed E-state index contributed by atoms with van der Waals surface area (Å²) in [5.74, 6) is 1.84. The van der Waals surface area contributed by atoms with E-state index in [0.29, 0.717) is 12.6 Å². The molecule has 1 aromatic carbocycles. The van der Waals surface area contributed by atoms with Gasteiger partial charge in [-0.2, -0.15) is 5.10 Å². The Bertz CT molecular complexity index is 582. The lowest BCUT2D eigenvalue weighted by atomic mass is 10.1. The van der Waals surface area contributed by atoms with Gasteiger partial charge in [0, 0.05) is 19.0 Å². The van der Waals surface area contributed by atoms with E-state index in [1.165, 1.54) is 0 Å². The van der Waals surface area contributed by atoms with Crippen molar-refractivity contribution in [2.24, 2.45) is 0 Å². The molecule has 3 rings (SSSR count). The van der Waals surface area contributed by atoms with Crippen molar-refractivity contribution < 1.29 is 9.84 Å². The molecule has 0 fully saturated rings. The van der Waals surface area contributed by atoms with Crippen LogP contribution in [0.3, 0.4) is 0 Å². The Kier molecular flexibility index (Phi) is 4.17. The van der Waals surface area contributed by atoms with Crippen LogP contribution >= 0.6 is 0 Å². The molecule has 2 N–H and O–H groups in total. The largest absolute Gasteiger partial charge is 0.497 e. The quantitative estimate of drug-likeness (QED) is 0.856. The maximum Gasteiger partial charge on any atom is 0.138 e. The summed E-state index contributed by atoms with van der Waals surface area (Å²) in [6.07, 6.45) is 3.03. The fourth-order valence-electron chi connectivity index (χ4n) is 2.63. The van der Waals surface area contributed by atoms with Gasteiger partial charge in [0.05, 0.1) is 19.8 Å². The first kappa shape index (κ1) is 14.0. The van der Waals surface area contributed by atoms with Crippen LogP contribution in [0.2, 0.25) is 0 Å². The van der Waals surface area contributed by atoms with E-state index in [9.17, 15) is 5.11 Å². The first-order valence-electron chi connectivity index (χ1n) is 7.18. The second kappa shape index (κ2) is 6.24. The van der Waals surface area contributed by atoms with Crippen LogP contribution in [-0.4, -0.2) is 39.6 Å². The van der Waals surface area contributed by atoms with Gasteiger partial charge in [0.1, 0.15) is 17.9 Å². The third-order valence-corrected chi connectivity index (χ3v) is 3.91. The van der Waals surface area contributed by atoms with Gasteiger partial charge in [0.2, 0.25) is 0 Å². The maximum absolute atomic E-state index is 10.2. The van der Waals surface area contributed by atoms with E-state index >= 15 is 0 Å². The molecule has 0 saturated carbocycles. The molecule has 2 heterocycles. The Morgan fingerprint density at radius 2 is 2.24 bits per heavy atom. The number of aromatic nitrogens is 3. The van der Waals surface area contributed by atoms with Crippen LogP contribution in [0.4, 0.5) is 0 Å². The van der Waals surface area contributed by atoms with E-state index in [4.69, 9.17) is 4.74 Å². The molecule has 1 aliphatic heterocycles. The number of nitrogens with one attached hydrogen (secondary N) is 1. The monoisotopic (exact) mass is 288 g/mol. The van der Waals surface area contributed by atoms with Crippen molar-refractivity contribution in [3.8, 4) is 5.75 Å². The zero-order valence-corrected chi connectivity index (χ0v) is 12.1. The standard InChI is InChI=1S/C15H20N4O2/c1-21-13-5-2-11(3-6-13)14(20)8-16-12-4-7-15-17-10-18-19(15)9-12/h2-3,5-6,10,12,14,16,20H,4,7-9H2,1H3/t12-,14-/m1/s1. The summed E-state index contributed by atoms with van der Waals surface area (Å²) in [5.41, 5.74) is 0.889.